The van der Waals surface area contributed by atoms with Crippen molar-refractivity contribution in [2.24, 2.45) is 18.7 Å². The highest BCUT2D eigenvalue weighted by Gasteiger charge is 2.51. The van der Waals surface area contributed by atoms with Crippen LogP contribution in [-0.4, -0.2) is 49.3 Å². The topological polar surface area (TPSA) is 140 Å². The maximum Gasteiger partial charge on any atom is 0.255 e. The van der Waals surface area contributed by atoms with E-state index in [1.807, 2.05) is 25.4 Å². The first-order valence-corrected chi connectivity index (χ1v) is 12.9. The number of nitrogens with one attached hydrogen (secondary N) is 1. The molecule has 2 fully saturated rings. The maximum atomic E-state index is 13.9. The van der Waals surface area contributed by atoms with Gasteiger partial charge in [-0.25, -0.2) is 0 Å². The fourth-order valence-corrected chi connectivity index (χ4v) is 6.14. The number of nitrogens with zero attached hydrogens (tertiary/aromatic N) is 4. The summed E-state index contributed by atoms with van der Waals surface area (Å²) >= 11 is 0. The number of rotatable bonds is 6. The Bertz CT molecular complexity index is 1480. The van der Waals surface area contributed by atoms with E-state index in [-0.39, 0.29) is 36.5 Å². The van der Waals surface area contributed by atoms with Gasteiger partial charge in [-0.1, -0.05) is 12.5 Å². The molecule has 6 rings (SSSR count). The summed E-state index contributed by atoms with van der Waals surface area (Å²) in [5.74, 6) is -1.76. The van der Waals surface area contributed by atoms with Gasteiger partial charge in [-0.2, -0.15) is 5.10 Å². The number of nitrogens with two attached hydrogens (primary N) is 1. The van der Waals surface area contributed by atoms with E-state index in [0.717, 1.165) is 36.1 Å². The average Bonchev–Trinajstić information content (AvgIpc) is 3.42. The van der Waals surface area contributed by atoms with Gasteiger partial charge in [0.1, 0.15) is 6.04 Å². The summed E-state index contributed by atoms with van der Waals surface area (Å²) in [6.45, 7) is 0. The highest BCUT2D eigenvalue weighted by atomic mass is 16.2. The summed E-state index contributed by atoms with van der Waals surface area (Å²) in [6, 6.07) is 7.35. The number of carbonyl (C=O) groups is 4. The summed E-state index contributed by atoms with van der Waals surface area (Å²) in [5.41, 5.74) is 9.66. The maximum absolute atomic E-state index is 13.9. The Balaban J connectivity index is 1.55. The first-order valence-electron chi connectivity index (χ1n) is 12.9. The smallest absolute Gasteiger partial charge is 0.255 e. The number of benzene rings is 1. The Hall–Kier alpha value is -4.34. The van der Waals surface area contributed by atoms with E-state index in [2.05, 4.69) is 10.4 Å². The first kappa shape index (κ1) is 24.0. The van der Waals surface area contributed by atoms with Crippen LogP contribution in [0.25, 0.3) is 11.1 Å². The van der Waals surface area contributed by atoms with E-state index in [4.69, 9.17) is 10.7 Å². The normalized spacial score (nSPS) is 22.1. The van der Waals surface area contributed by atoms with Crippen LogP contribution in [0.2, 0.25) is 0 Å². The van der Waals surface area contributed by atoms with E-state index < -0.39 is 23.9 Å². The fourth-order valence-electron chi connectivity index (χ4n) is 6.14. The number of fused-ring (bicyclic) bond motifs is 1. The Morgan fingerprint density at radius 3 is 2.61 bits per heavy atom. The van der Waals surface area contributed by atoms with Crippen molar-refractivity contribution in [1.29, 1.82) is 0 Å². The van der Waals surface area contributed by atoms with E-state index in [1.54, 1.807) is 40.2 Å². The molecule has 3 atom stereocenters. The average molecular weight is 513 g/mol. The first-order chi connectivity index (χ1) is 18.3. The highest BCUT2D eigenvalue weighted by molar-refractivity contribution is 6.06. The molecule has 3 N–H and O–H groups in total. The number of imide groups is 1. The predicted octanol–water partition coefficient (Wildman–Crippen LogP) is 2.47. The zero-order valence-electron chi connectivity index (χ0n) is 21.0. The molecule has 194 valence electrons. The number of primary amides is 1. The van der Waals surface area contributed by atoms with Crippen molar-refractivity contribution < 1.29 is 19.2 Å². The Morgan fingerprint density at radius 2 is 1.95 bits per heavy atom. The van der Waals surface area contributed by atoms with Gasteiger partial charge < -0.3 is 10.6 Å². The molecule has 10 nitrogen and oxygen atoms in total. The molecular formula is C28H28N6O4. The third kappa shape index (κ3) is 3.87. The summed E-state index contributed by atoms with van der Waals surface area (Å²) in [4.78, 5) is 57.6. The molecule has 1 saturated heterocycles. The van der Waals surface area contributed by atoms with Crippen molar-refractivity contribution in [2.75, 3.05) is 0 Å². The molecule has 1 aromatic carbocycles. The molecule has 3 aromatic rings. The number of carbonyl (C=O) groups excluding carboxylic acids is 4. The van der Waals surface area contributed by atoms with Crippen molar-refractivity contribution in [3.8, 4) is 11.1 Å². The van der Waals surface area contributed by atoms with Gasteiger partial charge in [0.25, 0.3) is 5.91 Å². The molecule has 3 aliphatic rings. The standard InChI is InChI=1S/C28H28N6O4/c1-33-14-17(13-31-33)18-6-3-11-30-24(18)23(15-4-2-5-15)25-20-12-16(26(29)36)7-8-19(20)28(38)34(25)21-9-10-22(35)32-27(21)37/h3,6-8,11-15,21,23,25H,2,4-5,9-10H2,1H3,(H2,29,36)(H,32,35,37)/t21-,23+,25?/m0/s1. The third-order valence-electron chi connectivity index (χ3n) is 8.13. The molecule has 4 amide bonds. The van der Waals surface area contributed by atoms with Gasteiger partial charge in [-0.15, -0.1) is 0 Å². The van der Waals surface area contributed by atoms with Crippen LogP contribution in [0.3, 0.4) is 0 Å². The van der Waals surface area contributed by atoms with Crippen LogP contribution in [0.5, 0.6) is 0 Å². The van der Waals surface area contributed by atoms with Crippen LogP contribution < -0.4 is 11.1 Å². The largest absolute Gasteiger partial charge is 0.366 e. The van der Waals surface area contributed by atoms with E-state index >= 15 is 0 Å². The van der Waals surface area contributed by atoms with Gasteiger partial charge in [-0.3, -0.25) is 34.2 Å². The molecule has 1 saturated carbocycles. The monoisotopic (exact) mass is 512 g/mol. The molecule has 38 heavy (non-hydrogen) atoms. The molecular weight excluding hydrogens is 484 g/mol. The second-order valence-electron chi connectivity index (χ2n) is 10.3. The highest BCUT2D eigenvalue weighted by Crippen LogP contribution is 2.54. The van der Waals surface area contributed by atoms with Crippen LogP contribution in [0, 0.1) is 5.92 Å². The van der Waals surface area contributed by atoms with Gasteiger partial charge in [0, 0.05) is 54.0 Å². The summed E-state index contributed by atoms with van der Waals surface area (Å²) in [5, 5.41) is 6.75. The number of amides is 4. The second-order valence-corrected chi connectivity index (χ2v) is 10.3. The lowest BCUT2D eigenvalue weighted by Crippen LogP contribution is -2.54. The second kappa shape index (κ2) is 9.20. The van der Waals surface area contributed by atoms with Crippen molar-refractivity contribution in [3.63, 3.8) is 0 Å². The van der Waals surface area contributed by atoms with Crippen molar-refractivity contribution in [2.45, 2.75) is 50.1 Å². The lowest BCUT2D eigenvalue weighted by molar-refractivity contribution is -0.137. The van der Waals surface area contributed by atoms with Crippen LogP contribution in [0.15, 0.2) is 48.9 Å². The van der Waals surface area contributed by atoms with Crippen LogP contribution >= 0.6 is 0 Å². The number of piperidine rings is 1. The molecule has 1 aliphatic carbocycles. The van der Waals surface area contributed by atoms with Gasteiger partial charge in [-0.05, 0) is 55.0 Å². The molecule has 10 heteroatoms. The van der Waals surface area contributed by atoms with Crippen LogP contribution in [0.1, 0.15) is 76.0 Å². The van der Waals surface area contributed by atoms with Crippen LogP contribution in [0.4, 0.5) is 0 Å². The van der Waals surface area contributed by atoms with Gasteiger partial charge >= 0.3 is 0 Å². The molecule has 2 aliphatic heterocycles. The SMILES string of the molecule is Cn1cc(-c2cccnc2[C@@H](C2CCC2)C2c3cc(C(N)=O)ccc3C(=O)N2[C@H]2CCC(=O)NC2=O)cn1. The van der Waals surface area contributed by atoms with Gasteiger partial charge in [0.05, 0.1) is 17.9 Å². The van der Waals surface area contributed by atoms with E-state index in [9.17, 15) is 19.2 Å². The van der Waals surface area contributed by atoms with Crippen molar-refractivity contribution >= 4 is 23.6 Å². The zero-order valence-corrected chi connectivity index (χ0v) is 21.0. The number of hydrogen-bond acceptors (Lipinski definition) is 6. The summed E-state index contributed by atoms with van der Waals surface area (Å²) < 4.78 is 1.73. The fraction of sp³-hybridized carbons (Fsp3) is 0.357. The third-order valence-corrected chi connectivity index (χ3v) is 8.13. The predicted molar refractivity (Wildman–Crippen MR) is 137 cm³/mol. The quantitative estimate of drug-likeness (QED) is 0.486. The molecule has 4 heterocycles. The zero-order chi connectivity index (χ0) is 26.6. The molecule has 0 spiro atoms. The number of hydrogen-bond donors (Lipinski definition) is 2. The minimum atomic E-state index is -0.817. The molecule has 0 radical (unpaired) electrons. The van der Waals surface area contributed by atoms with Crippen molar-refractivity contribution in [1.82, 2.24) is 25.0 Å². The summed E-state index contributed by atoms with van der Waals surface area (Å²) in [7, 11) is 1.85. The molecule has 2 aromatic heterocycles. The Kier molecular flexibility index (Phi) is 5.81. The Morgan fingerprint density at radius 1 is 1.13 bits per heavy atom. The lowest BCUT2D eigenvalue weighted by atomic mass is 9.68. The number of aryl methyl sites for hydroxylation is 1. The van der Waals surface area contributed by atoms with E-state index in [1.165, 1.54) is 0 Å². The number of aromatic nitrogens is 3. The molecule has 1 unspecified atom stereocenters. The Labute approximate surface area is 219 Å². The van der Waals surface area contributed by atoms with Gasteiger partial charge in [0.15, 0.2) is 0 Å². The summed E-state index contributed by atoms with van der Waals surface area (Å²) in [6.07, 6.45) is 8.80. The van der Waals surface area contributed by atoms with E-state index in [0.29, 0.717) is 16.7 Å². The van der Waals surface area contributed by atoms with Gasteiger partial charge in [0.2, 0.25) is 17.7 Å². The molecule has 0 bridgehead atoms. The van der Waals surface area contributed by atoms with Crippen molar-refractivity contribution in [3.05, 3.63) is 71.3 Å². The minimum Gasteiger partial charge on any atom is -0.366 e. The minimum absolute atomic E-state index is 0.147. The lowest BCUT2D eigenvalue weighted by Gasteiger charge is -2.43. The van der Waals surface area contributed by atoms with Crippen LogP contribution in [-0.2, 0) is 16.6 Å². The number of pyridine rings is 1.